The largest absolute Gasteiger partial charge is 0.496 e. The van der Waals surface area contributed by atoms with Crippen molar-refractivity contribution in [3.8, 4) is 29.2 Å². The number of methoxy groups -OCH3 is 1. The third-order valence-corrected chi connectivity index (χ3v) is 3.07. The average molecular weight is 377 g/mol. The lowest BCUT2D eigenvalue weighted by Gasteiger charge is -2.11. The van der Waals surface area contributed by atoms with Crippen molar-refractivity contribution in [2.24, 2.45) is 5.10 Å². The Kier molecular flexibility index (Phi) is 6.38. The minimum absolute atomic E-state index is 0.0897. The zero-order chi connectivity index (χ0) is 19.9. The molecule has 0 bridgehead atoms. The Bertz CT molecular complexity index is 915. The number of carbonyl (C=O) groups excluding carboxylic acids is 1. The summed E-state index contributed by atoms with van der Waals surface area (Å²) >= 11 is 0. The summed E-state index contributed by atoms with van der Waals surface area (Å²) in [4.78, 5) is 16.0. The highest BCUT2D eigenvalue weighted by atomic mass is 19.4. The number of pyridine rings is 1. The van der Waals surface area contributed by atoms with Crippen LogP contribution in [0.25, 0.3) is 0 Å². The Hall–Kier alpha value is -3.54. The molecule has 0 aliphatic rings. The van der Waals surface area contributed by atoms with Crippen LogP contribution in [0.4, 0.5) is 13.2 Å². The van der Waals surface area contributed by atoms with Gasteiger partial charge in [-0.15, -0.1) is 5.92 Å². The second kappa shape index (κ2) is 8.71. The normalized spacial score (nSPS) is 10.9. The van der Waals surface area contributed by atoms with E-state index in [0.29, 0.717) is 0 Å². The predicted molar refractivity (Wildman–Crippen MR) is 91.7 cm³/mol. The number of rotatable bonds is 5. The molecular weight excluding hydrogens is 363 g/mol. The smallest absolute Gasteiger partial charge is 0.416 e. The van der Waals surface area contributed by atoms with Crippen LogP contribution in [-0.2, 0) is 6.18 Å². The van der Waals surface area contributed by atoms with Gasteiger partial charge in [0, 0.05) is 12.1 Å². The summed E-state index contributed by atoms with van der Waals surface area (Å²) < 4.78 is 48.8. The number of amides is 1. The molecule has 0 saturated heterocycles. The van der Waals surface area contributed by atoms with Crippen molar-refractivity contribution in [1.29, 1.82) is 0 Å². The van der Waals surface area contributed by atoms with Crippen molar-refractivity contribution in [1.82, 2.24) is 10.4 Å². The lowest BCUT2D eigenvalue weighted by Crippen LogP contribution is -2.19. The van der Waals surface area contributed by atoms with Crippen molar-refractivity contribution in [3.63, 3.8) is 0 Å². The molecule has 0 atom stereocenters. The van der Waals surface area contributed by atoms with Gasteiger partial charge in [-0.1, -0.05) is 12.0 Å². The lowest BCUT2D eigenvalue weighted by atomic mass is 10.2. The first-order chi connectivity index (χ1) is 12.8. The van der Waals surface area contributed by atoms with E-state index < -0.39 is 17.6 Å². The zero-order valence-electron chi connectivity index (χ0n) is 14.3. The standard InChI is InChI=1S/C18H14F3N3O3/c1-3-4-8-22-24-17(25)15-10-14(26-2)11-16(23-15)27-13-7-5-6-12(9-13)18(19,20)21/h5-11H,1-2H3,(H,24,25). The van der Waals surface area contributed by atoms with Crippen LogP contribution in [0.1, 0.15) is 23.0 Å². The van der Waals surface area contributed by atoms with Crippen molar-refractivity contribution < 1.29 is 27.4 Å². The maximum absolute atomic E-state index is 12.8. The van der Waals surface area contributed by atoms with E-state index in [-0.39, 0.29) is 23.1 Å². The zero-order valence-corrected chi connectivity index (χ0v) is 14.3. The minimum Gasteiger partial charge on any atom is -0.496 e. The Morgan fingerprint density at radius 3 is 2.70 bits per heavy atom. The second-order valence-electron chi connectivity index (χ2n) is 4.95. The molecule has 0 aliphatic carbocycles. The fourth-order valence-electron chi connectivity index (χ4n) is 1.87. The van der Waals surface area contributed by atoms with Gasteiger partial charge in [-0.3, -0.25) is 4.79 Å². The highest BCUT2D eigenvalue weighted by Gasteiger charge is 2.30. The second-order valence-corrected chi connectivity index (χ2v) is 4.95. The molecule has 9 heteroatoms. The molecule has 0 fully saturated rings. The molecule has 1 aromatic heterocycles. The molecule has 0 aliphatic heterocycles. The summed E-state index contributed by atoms with van der Waals surface area (Å²) in [7, 11) is 1.36. The van der Waals surface area contributed by atoms with Gasteiger partial charge in [-0.25, -0.2) is 10.4 Å². The number of halogens is 3. The number of benzene rings is 1. The molecule has 27 heavy (non-hydrogen) atoms. The average Bonchev–Trinajstić information content (AvgIpc) is 2.64. The van der Waals surface area contributed by atoms with Crippen molar-refractivity contribution in [2.75, 3.05) is 7.11 Å². The number of nitrogens with one attached hydrogen (secondary N) is 1. The molecular formula is C18H14F3N3O3. The summed E-state index contributed by atoms with van der Waals surface area (Å²) in [5.41, 5.74) is 1.24. The van der Waals surface area contributed by atoms with Gasteiger partial charge in [0.2, 0.25) is 5.88 Å². The number of nitrogens with zero attached hydrogens (tertiary/aromatic N) is 2. The van der Waals surface area contributed by atoms with Gasteiger partial charge < -0.3 is 9.47 Å². The predicted octanol–water partition coefficient (Wildman–Crippen LogP) is 3.64. The van der Waals surface area contributed by atoms with Crippen LogP contribution in [0.5, 0.6) is 17.4 Å². The SMILES string of the molecule is CC#CC=NNC(=O)c1cc(OC)cc(Oc2cccc(C(F)(F)F)c2)n1. The number of carbonyl (C=O) groups is 1. The molecule has 0 saturated carbocycles. The Morgan fingerprint density at radius 1 is 1.26 bits per heavy atom. The molecule has 6 nitrogen and oxygen atoms in total. The molecule has 1 aromatic carbocycles. The number of ether oxygens (including phenoxy) is 2. The van der Waals surface area contributed by atoms with Crippen LogP contribution in [-0.4, -0.2) is 24.2 Å². The first-order valence-electron chi connectivity index (χ1n) is 7.49. The molecule has 140 valence electrons. The van der Waals surface area contributed by atoms with E-state index in [2.05, 4.69) is 27.4 Å². The molecule has 2 rings (SSSR count). The van der Waals surface area contributed by atoms with E-state index in [1.165, 1.54) is 37.6 Å². The third kappa shape index (κ3) is 5.74. The van der Waals surface area contributed by atoms with E-state index >= 15 is 0 Å². The van der Waals surface area contributed by atoms with E-state index in [9.17, 15) is 18.0 Å². The van der Waals surface area contributed by atoms with Gasteiger partial charge in [0.15, 0.2) is 0 Å². The van der Waals surface area contributed by atoms with Gasteiger partial charge >= 0.3 is 6.18 Å². The van der Waals surface area contributed by atoms with Crippen molar-refractivity contribution >= 4 is 12.1 Å². The number of hydrogen-bond donors (Lipinski definition) is 1. The quantitative estimate of drug-likeness (QED) is 0.491. The fraction of sp³-hybridized carbons (Fsp3) is 0.167. The number of aromatic nitrogens is 1. The van der Waals surface area contributed by atoms with Crippen LogP contribution in [0.15, 0.2) is 41.5 Å². The lowest BCUT2D eigenvalue weighted by molar-refractivity contribution is -0.137. The molecule has 1 amide bonds. The number of hydrogen-bond acceptors (Lipinski definition) is 5. The first kappa shape index (κ1) is 19.8. The highest BCUT2D eigenvalue weighted by molar-refractivity contribution is 5.93. The van der Waals surface area contributed by atoms with Gasteiger partial charge in [0.05, 0.1) is 18.9 Å². The summed E-state index contributed by atoms with van der Waals surface area (Å²) in [6, 6.07) is 6.95. The van der Waals surface area contributed by atoms with Crippen molar-refractivity contribution in [3.05, 3.63) is 47.7 Å². The van der Waals surface area contributed by atoms with Crippen LogP contribution in [0, 0.1) is 11.8 Å². The summed E-state index contributed by atoms with van der Waals surface area (Å²) in [5.74, 6) is 4.44. The maximum Gasteiger partial charge on any atom is 0.416 e. The Labute approximate surface area is 153 Å². The van der Waals surface area contributed by atoms with Crippen LogP contribution in [0.2, 0.25) is 0 Å². The Balaban J connectivity index is 2.27. The number of hydrazone groups is 1. The van der Waals surface area contributed by atoms with Gasteiger partial charge in [0.1, 0.15) is 17.2 Å². The maximum atomic E-state index is 12.8. The molecule has 1 heterocycles. The molecule has 2 aromatic rings. The topological polar surface area (TPSA) is 72.8 Å². The number of alkyl halides is 3. The minimum atomic E-state index is -4.51. The van der Waals surface area contributed by atoms with E-state index in [0.717, 1.165) is 12.1 Å². The van der Waals surface area contributed by atoms with E-state index in [1.54, 1.807) is 6.92 Å². The van der Waals surface area contributed by atoms with Gasteiger partial charge in [-0.2, -0.15) is 18.3 Å². The molecule has 1 N–H and O–H groups in total. The van der Waals surface area contributed by atoms with E-state index in [1.807, 2.05) is 0 Å². The molecule has 0 radical (unpaired) electrons. The molecule has 0 spiro atoms. The van der Waals surface area contributed by atoms with Crippen LogP contribution >= 0.6 is 0 Å². The highest BCUT2D eigenvalue weighted by Crippen LogP contribution is 2.33. The van der Waals surface area contributed by atoms with Crippen LogP contribution < -0.4 is 14.9 Å². The fourth-order valence-corrected chi connectivity index (χ4v) is 1.87. The summed E-state index contributed by atoms with van der Waals surface area (Å²) in [5, 5.41) is 3.60. The molecule has 0 unspecified atom stereocenters. The monoisotopic (exact) mass is 377 g/mol. The third-order valence-electron chi connectivity index (χ3n) is 3.07. The summed E-state index contributed by atoms with van der Waals surface area (Å²) in [6.45, 7) is 1.61. The summed E-state index contributed by atoms with van der Waals surface area (Å²) in [6.07, 6.45) is -3.32. The van der Waals surface area contributed by atoms with Gasteiger partial charge in [-0.05, 0) is 25.1 Å². The van der Waals surface area contributed by atoms with Crippen LogP contribution in [0.3, 0.4) is 0 Å². The van der Waals surface area contributed by atoms with Gasteiger partial charge in [0.25, 0.3) is 5.91 Å². The Morgan fingerprint density at radius 2 is 2.04 bits per heavy atom. The van der Waals surface area contributed by atoms with E-state index in [4.69, 9.17) is 9.47 Å². The van der Waals surface area contributed by atoms with Crippen molar-refractivity contribution in [2.45, 2.75) is 13.1 Å². The first-order valence-corrected chi connectivity index (χ1v) is 7.49.